The van der Waals surface area contributed by atoms with Crippen LogP contribution in [-0.2, 0) is 23.1 Å². The molecule has 142 valence electrons. The Labute approximate surface area is 150 Å². The molecule has 1 atom stereocenters. The highest BCUT2D eigenvalue weighted by Gasteiger charge is 2.49. The summed E-state index contributed by atoms with van der Waals surface area (Å²) < 4.78 is 0.936. The lowest BCUT2D eigenvalue weighted by Gasteiger charge is -2.39. The summed E-state index contributed by atoms with van der Waals surface area (Å²) in [7, 11) is 1.36. The maximum atomic E-state index is 12.8. The van der Waals surface area contributed by atoms with Gasteiger partial charge < -0.3 is 19.9 Å². The summed E-state index contributed by atoms with van der Waals surface area (Å²) in [5, 5.41) is 9.12. The molecule has 9 nitrogen and oxygen atoms in total. The van der Waals surface area contributed by atoms with E-state index in [0.717, 1.165) is 17.4 Å². The van der Waals surface area contributed by atoms with Crippen LogP contribution < -0.4 is 11.2 Å². The number of aliphatic hydroxyl groups is 1. The topological polar surface area (TPSA) is 116 Å². The Balaban J connectivity index is 1.71. The molecule has 2 fully saturated rings. The van der Waals surface area contributed by atoms with Crippen LogP contribution in [0.5, 0.6) is 0 Å². The minimum atomic E-state index is -0.570. The number of hydrogen-bond acceptors (Lipinski definition) is 5. The largest absolute Gasteiger partial charge is 0.395 e. The summed E-state index contributed by atoms with van der Waals surface area (Å²) in [5.74, 6) is -0.217. The van der Waals surface area contributed by atoms with E-state index in [1.807, 2.05) is 0 Å². The molecule has 2 aliphatic rings. The predicted molar refractivity (Wildman–Crippen MR) is 92.5 cm³/mol. The van der Waals surface area contributed by atoms with Crippen molar-refractivity contribution in [2.45, 2.75) is 25.7 Å². The van der Waals surface area contributed by atoms with Gasteiger partial charge in [0.2, 0.25) is 11.8 Å². The van der Waals surface area contributed by atoms with E-state index in [4.69, 9.17) is 5.11 Å². The van der Waals surface area contributed by atoms with Crippen LogP contribution in [0.1, 0.15) is 24.8 Å². The van der Waals surface area contributed by atoms with E-state index in [1.165, 1.54) is 13.2 Å². The molecule has 0 saturated carbocycles. The number of carbonyl (C=O) groups is 2. The van der Waals surface area contributed by atoms with Gasteiger partial charge in [0, 0.05) is 45.0 Å². The number of aliphatic hydroxyl groups excluding tert-OH is 1. The molecular weight excluding hydrogens is 340 g/mol. The third-order valence-corrected chi connectivity index (χ3v) is 5.50. The highest BCUT2D eigenvalue weighted by atomic mass is 16.3. The molecule has 2 aliphatic heterocycles. The van der Waals surface area contributed by atoms with Gasteiger partial charge >= 0.3 is 5.69 Å². The molecule has 0 aromatic carbocycles. The Kier molecular flexibility index (Phi) is 4.99. The molecule has 0 unspecified atom stereocenters. The normalized spacial score (nSPS) is 23.1. The van der Waals surface area contributed by atoms with Crippen molar-refractivity contribution < 1.29 is 14.7 Å². The van der Waals surface area contributed by atoms with E-state index in [2.05, 4.69) is 4.98 Å². The van der Waals surface area contributed by atoms with Crippen molar-refractivity contribution in [2.24, 2.45) is 12.5 Å². The Morgan fingerprint density at radius 3 is 2.77 bits per heavy atom. The van der Waals surface area contributed by atoms with Crippen molar-refractivity contribution >= 4 is 11.8 Å². The maximum absolute atomic E-state index is 12.8. The first kappa shape index (κ1) is 18.4. The van der Waals surface area contributed by atoms with Gasteiger partial charge in [-0.05, 0) is 19.3 Å². The van der Waals surface area contributed by atoms with Crippen LogP contribution in [-0.4, -0.2) is 69.1 Å². The fourth-order valence-corrected chi connectivity index (χ4v) is 3.97. The number of aromatic amines is 1. The quantitative estimate of drug-likeness (QED) is 0.671. The molecule has 1 aromatic heterocycles. The summed E-state index contributed by atoms with van der Waals surface area (Å²) in [6.45, 7) is 1.71. The average molecular weight is 364 g/mol. The third kappa shape index (κ3) is 3.18. The Morgan fingerprint density at radius 1 is 1.27 bits per heavy atom. The molecule has 3 rings (SSSR count). The Hall–Kier alpha value is -2.42. The molecule has 2 N–H and O–H groups in total. The van der Waals surface area contributed by atoms with E-state index in [1.54, 1.807) is 9.80 Å². The van der Waals surface area contributed by atoms with Crippen LogP contribution in [0, 0.1) is 5.41 Å². The molecule has 26 heavy (non-hydrogen) atoms. The van der Waals surface area contributed by atoms with E-state index in [9.17, 15) is 19.2 Å². The summed E-state index contributed by atoms with van der Waals surface area (Å²) in [5.41, 5.74) is -1.35. The number of nitrogens with zero attached hydrogens (tertiary/aromatic N) is 3. The van der Waals surface area contributed by atoms with E-state index >= 15 is 0 Å². The van der Waals surface area contributed by atoms with Crippen molar-refractivity contribution in [1.29, 1.82) is 0 Å². The van der Waals surface area contributed by atoms with Gasteiger partial charge in [0.25, 0.3) is 5.56 Å². The molecule has 0 radical (unpaired) electrons. The van der Waals surface area contributed by atoms with Gasteiger partial charge in [-0.25, -0.2) is 4.79 Å². The van der Waals surface area contributed by atoms with Crippen molar-refractivity contribution in [3.63, 3.8) is 0 Å². The van der Waals surface area contributed by atoms with E-state index in [-0.39, 0.29) is 30.4 Å². The fourth-order valence-electron chi connectivity index (χ4n) is 3.97. The number of β-amino-alcohol motifs (C(OH)–C–C–N with tert-alkyl or cyclic N) is 1. The minimum Gasteiger partial charge on any atom is -0.395 e. The summed E-state index contributed by atoms with van der Waals surface area (Å²) >= 11 is 0. The van der Waals surface area contributed by atoms with Crippen LogP contribution in [0.15, 0.2) is 15.8 Å². The second-order valence-corrected chi connectivity index (χ2v) is 7.12. The van der Waals surface area contributed by atoms with Crippen molar-refractivity contribution in [3.05, 3.63) is 32.6 Å². The van der Waals surface area contributed by atoms with Gasteiger partial charge in [-0.3, -0.25) is 19.0 Å². The number of aromatic nitrogens is 2. The molecule has 9 heteroatoms. The number of hydrogen-bond donors (Lipinski definition) is 2. The highest BCUT2D eigenvalue weighted by molar-refractivity contribution is 5.86. The van der Waals surface area contributed by atoms with Gasteiger partial charge in [0.05, 0.1) is 18.4 Å². The number of amides is 2. The highest BCUT2D eigenvalue weighted by Crippen LogP contribution is 2.40. The first-order valence-corrected chi connectivity index (χ1v) is 8.83. The Morgan fingerprint density at radius 2 is 2.04 bits per heavy atom. The Bertz CT molecular complexity index is 827. The van der Waals surface area contributed by atoms with Gasteiger partial charge in [-0.1, -0.05) is 0 Å². The maximum Gasteiger partial charge on any atom is 0.328 e. The molecule has 2 saturated heterocycles. The molecule has 1 aromatic rings. The second kappa shape index (κ2) is 7.06. The first-order valence-electron chi connectivity index (χ1n) is 8.83. The van der Waals surface area contributed by atoms with E-state index in [0.29, 0.717) is 32.6 Å². The number of nitrogens with one attached hydrogen (secondary N) is 1. The number of piperidine rings is 1. The average Bonchev–Trinajstić information content (AvgIpc) is 3.05. The minimum absolute atomic E-state index is 0.00746. The second-order valence-electron chi connectivity index (χ2n) is 7.12. The number of H-pyrrole nitrogens is 1. The van der Waals surface area contributed by atoms with Gasteiger partial charge in [0.1, 0.15) is 0 Å². The fraction of sp³-hybridized carbons (Fsp3) is 0.647. The smallest absolute Gasteiger partial charge is 0.328 e. The molecule has 3 heterocycles. The van der Waals surface area contributed by atoms with Crippen molar-refractivity contribution in [2.75, 3.05) is 32.8 Å². The lowest BCUT2D eigenvalue weighted by Crippen LogP contribution is -2.51. The zero-order valence-electron chi connectivity index (χ0n) is 14.9. The third-order valence-electron chi connectivity index (χ3n) is 5.50. The van der Waals surface area contributed by atoms with Crippen LogP contribution in [0.2, 0.25) is 0 Å². The zero-order valence-corrected chi connectivity index (χ0v) is 14.9. The molecule has 0 aliphatic carbocycles. The van der Waals surface area contributed by atoms with Crippen LogP contribution in [0.3, 0.4) is 0 Å². The molecule has 0 bridgehead atoms. The number of likely N-dealkylation sites (tertiary alicyclic amines) is 2. The molecular formula is C17H24N4O5. The van der Waals surface area contributed by atoms with Crippen LogP contribution in [0.4, 0.5) is 0 Å². The van der Waals surface area contributed by atoms with Crippen molar-refractivity contribution in [1.82, 2.24) is 19.4 Å². The summed E-state index contributed by atoms with van der Waals surface area (Å²) in [6.07, 6.45) is 3.37. The molecule has 2 amide bonds. The zero-order chi connectivity index (χ0) is 18.9. The van der Waals surface area contributed by atoms with Gasteiger partial charge in [0.15, 0.2) is 0 Å². The number of carbonyl (C=O) groups excluding carboxylic acids is 2. The first-order chi connectivity index (χ1) is 12.4. The lowest BCUT2D eigenvalue weighted by atomic mass is 9.78. The van der Waals surface area contributed by atoms with Crippen LogP contribution >= 0.6 is 0 Å². The van der Waals surface area contributed by atoms with Crippen LogP contribution in [0.25, 0.3) is 0 Å². The standard InChI is InChI=1S/C17H24N4O5/c1-19-14(24)12(10-18-16(19)26)9-13(23)21-6-4-17(11-21)3-2-5-20(7-8-22)15(17)25/h10,22H,2-9,11H2,1H3,(H,18,26)/t17-/m1/s1. The summed E-state index contributed by atoms with van der Waals surface area (Å²) in [6, 6.07) is 0. The van der Waals surface area contributed by atoms with Gasteiger partial charge in [-0.2, -0.15) is 0 Å². The monoisotopic (exact) mass is 364 g/mol. The number of rotatable bonds is 4. The van der Waals surface area contributed by atoms with Gasteiger partial charge in [-0.15, -0.1) is 0 Å². The summed E-state index contributed by atoms with van der Waals surface area (Å²) in [4.78, 5) is 54.7. The molecule has 1 spiro atoms. The lowest BCUT2D eigenvalue weighted by molar-refractivity contribution is -0.146. The predicted octanol–water partition coefficient (Wildman–Crippen LogP) is -1.55. The van der Waals surface area contributed by atoms with E-state index < -0.39 is 16.7 Å². The SMILES string of the molecule is Cn1c(=O)[nH]cc(CC(=O)N2CC[C@]3(CCCN(CCO)C3=O)C2)c1=O. The van der Waals surface area contributed by atoms with Crippen molar-refractivity contribution in [3.8, 4) is 0 Å².